The summed E-state index contributed by atoms with van der Waals surface area (Å²) in [4.78, 5) is 20.1. The van der Waals surface area contributed by atoms with Crippen LogP contribution in [0.2, 0.25) is 0 Å². The molecule has 76 valence electrons. The van der Waals surface area contributed by atoms with Crippen molar-refractivity contribution in [2.45, 2.75) is 6.92 Å². The average molecular weight is 201 g/mol. The Bertz CT molecular complexity index is 502. The van der Waals surface area contributed by atoms with Crippen molar-refractivity contribution in [3.8, 4) is 0 Å². The van der Waals surface area contributed by atoms with E-state index in [1.807, 2.05) is 19.1 Å². The van der Waals surface area contributed by atoms with Gasteiger partial charge in [0.25, 0.3) is 0 Å². The highest BCUT2D eigenvalue weighted by Gasteiger charge is 2.14. The Labute approximate surface area is 87.6 Å². The lowest BCUT2D eigenvalue weighted by Gasteiger charge is -2.00. The summed E-state index contributed by atoms with van der Waals surface area (Å²) in [5, 5.41) is 0. The number of aromatic nitrogens is 3. The van der Waals surface area contributed by atoms with Crippen LogP contribution in [0.25, 0.3) is 0 Å². The van der Waals surface area contributed by atoms with E-state index in [-0.39, 0.29) is 5.78 Å². The molecule has 0 saturated carbocycles. The molecule has 2 rings (SSSR count). The van der Waals surface area contributed by atoms with Crippen molar-refractivity contribution in [3.05, 3.63) is 47.8 Å². The molecule has 2 aromatic rings. The van der Waals surface area contributed by atoms with E-state index in [1.165, 1.54) is 0 Å². The predicted octanol–water partition coefficient (Wildman–Crippen LogP) is 1.35. The first-order valence-corrected chi connectivity index (χ1v) is 4.64. The number of carbonyl (C=O) groups excluding carboxylic acids is 1. The van der Waals surface area contributed by atoms with Gasteiger partial charge in [0, 0.05) is 25.1 Å². The van der Waals surface area contributed by atoms with Gasteiger partial charge in [0.05, 0.1) is 0 Å². The molecule has 0 aromatic carbocycles. The van der Waals surface area contributed by atoms with Gasteiger partial charge in [-0.2, -0.15) is 0 Å². The Balaban J connectivity index is 2.41. The Morgan fingerprint density at radius 3 is 2.80 bits per heavy atom. The second kappa shape index (κ2) is 3.65. The number of nitrogens with zero attached hydrogens (tertiary/aromatic N) is 3. The maximum absolute atomic E-state index is 11.9. The van der Waals surface area contributed by atoms with E-state index in [0.717, 1.165) is 5.69 Å². The van der Waals surface area contributed by atoms with Gasteiger partial charge in [0.1, 0.15) is 5.69 Å². The van der Waals surface area contributed by atoms with Crippen molar-refractivity contribution in [3.63, 3.8) is 0 Å². The smallest absolute Gasteiger partial charge is 0.246 e. The van der Waals surface area contributed by atoms with E-state index in [1.54, 1.807) is 30.1 Å². The lowest BCUT2D eigenvalue weighted by molar-refractivity contribution is 0.102. The van der Waals surface area contributed by atoms with Crippen LogP contribution in [0.3, 0.4) is 0 Å². The fourth-order valence-electron chi connectivity index (χ4n) is 1.37. The van der Waals surface area contributed by atoms with E-state index >= 15 is 0 Å². The zero-order valence-electron chi connectivity index (χ0n) is 8.64. The summed E-state index contributed by atoms with van der Waals surface area (Å²) in [6, 6.07) is 5.37. The quantitative estimate of drug-likeness (QED) is 0.689. The number of rotatable bonds is 2. The van der Waals surface area contributed by atoms with E-state index in [9.17, 15) is 4.79 Å². The Morgan fingerprint density at radius 1 is 1.40 bits per heavy atom. The lowest BCUT2D eigenvalue weighted by Crippen LogP contribution is -2.10. The monoisotopic (exact) mass is 201 g/mol. The molecule has 2 aromatic heterocycles. The number of hydrogen-bond donors (Lipinski definition) is 0. The maximum atomic E-state index is 11.9. The fourth-order valence-corrected chi connectivity index (χ4v) is 1.37. The van der Waals surface area contributed by atoms with Crippen LogP contribution in [-0.2, 0) is 7.05 Å². The fraction of sp³-hybridized carbons (Fsp3) is 0.182. The molecule has 0 saturated heterocycles. The molecule has 4 heteroatoms. The number of hydrogen-bond acceptors (Lipinski definition) is 3. The van der Waals surface area contributed by atoms with Crippen LogP contribution in [0, 0.1) is 6.92 Å². The van der Waals surface area contributed by atoms with Gasteiger partial charge in [0.2, 0.25) is 5.78 Å². The number of pyridine rings is 1. The van der Waals surface area contributed by atoms with Gasteiger partial charge < -0.3 is 4.57 Å². The lowest BCUT2D eigenvalue weighted by atomic mass is 10.2. The van der Waals surface area contributed by atoms with Gasteiger partial charge in [-0.1, -0.05) is 6.07 Å². The molecule has 15 heavy (non-hydrogen) atoms. The van der Waals surface area contributed by atoms with E-state index in [0.29, 0.717) is 11.5 Å². The third kappa shape index (κ3) is 1.79. The first kappa shape index (κ1) is 9.58. The predicted molar refractivity (Wildman–Crippen MR) is 55.6 cm³/mol. The molecule has 0 aliphatic rings. The normalized spacial score (nSPS) is 10.3. The summed E-state index contributed by atoms with van der Waals surface area (Å²) in [6.07, 6.45) is 3.34. The number of ketones is 1. The molecule has 0 spiro atoms. The minimum atomic E-state index is -0.147. The molecule has 0 aliphatic carbocycles. The highest BCUT2D eigenvalue weighted by molar-refractivity contribution is 6.05. The topological polar surface area (TPSA) is 47.8 Å². The van der Waals surface area contributed by atoms with Crippen molar-refractivity contribution < 1.29 is 4.79 Å². The molecular formula is C11H11N3O. The van der Waals surface area contributed by atoms with Crippen LogP contribution in [0.5, 0.6) is 0 Å². The first-order valence-electron chi connectivity index (χ1n) is 4.64. The summed E-state index contributed by atoms with van der Waals surface area (Å²) < 4.78 is 1.69. The second-order valence-corrected chi connectivity index (χ2v) is 3.36. The highest BCUT2D eigenvalue weighted by atomic mass is 16.1. The van der Waals surface area contributed by atoms with Crippen molar-refractivity contribution in [2.75, 3.05) is 0 Å². The zero-order chi connectivity index (χ0) is 10.8. The summed E-state index contributed by atoms with van der Waals surface area (Å²) in [5.41, 5.74) is 1.26. The van der Waals surface area contributed by atoms with E-state index in [2.05, 4.69) is 9.97 Å². The summed E-state index contributed by atoms with van der Waals surface area (Å²) in [6.45, 7) is 1.86. The molecule has 0 amide bonds. The van der Waals surface area contributed by atoms with Crippen LogP contribution >= 0.6 is 0 Å². The number of imidazole rings is 1. The van der Waals surface area contributed by atoms with Crippen molar-refractivity contribution in [2.24, 2.45) is 7.05 Å². The van der Waals surface area contributed by atoms with Crippen molar-refractivity contribution in [1.29, 1.82) is 0 Å². The van der Waals surface area contributed by atoms with Gasteiger partial charge in [0.15, 0.2) is 5.82 Å². The second-order valence-electron chi connectivity index (χ2n) is 3.36. The van der Waals surface area contributed by atoms with Crippen molar-refractivity contribution >= 4 is 5.78 Å². The van der Waals surface area contributed by atoms with Crippen LogP contribution in [0.15, 0.2) is 30.6 Å². The third-order valence-electron chi connectivity index (χ3n) is 2.15. The van der Waals surface area contributed by atoms with Crippen LogP contribution in [0.1, 0.15) is 22.0 Å². The van der Waals surface area contributed by atoms with Crippen LogP contribution < -0.4 is 0 Å². The minimum Gasteiger partial charge on any atom is -0.331 e. The Morgan fingerprint density at radius 2 is 2.20 bits per heavy atom. The minimum absolute atomic E-state index is 0.147. The summed E-state index contributed by atoms with van der Waals surface area (Å²) in [7, 11) is 1.79. The molecule has 0 N–H and O–H groups in total. The largest absolute Gasteiger partial charge is 0.331 e. The third-order valence-corrected chi connectivity index (χ3v) is 2.15. The van der Waals surface area contributed by atoms with E-state index < -0.39 is 0 Å². The van der Waals surface area contributed by atoms with Crippen LogP contribution in [-0.4, -0.2) is 20.3 Å². The van der Waals surface area contributed by atoms with Crippen LogP contribution in [0.4, 0.5) is 0 Å². The molecule has 4 nitrogen and oxygen atoms in total. The Hall–Kier alpha value is -1.97. The van der Waals surface area contributed by atoms with Crippen molar-refractivity contribution in [1.82, 2.24) is 14.5 Å². The standard InChI is InChI=1S/C11H11N3O/c1-8-4-3-5-9(13-8)10(15)11-12-6-7-14(11)2/h3-7H,1-2H3. The Kier molecular flexibility index (Phi) is 2.33. The molecule has 0 aliphatic heterocycles. The van der Waals surface area contributed by atoms with Gasteiger partial charge in [-0.25, -0.2) is 9.97 Å². The van der Waals surface area contributed by atoms with Gasteiger partial charge >= 0.3 is 0 Å². The molecule has 2 heterocycles. The van der Waals surface area contributed by atoms with Gasteiger partial charge in [-0.05, 0) is 19.1 Å². The summed E-state index contributed by atoms with van der Waals surface area (Å²) >= 11 is 0. The number of aryl methyl sites for hydroxylation is 2. The highest BCUT2D eigenvalue weighted by Crippen LogP contribution is 2.05. The van der Waals surface area contributed by atoms with Gasteiger partial charge in [-0.3, -0.25) is 4.79 Å². The van der Waals surface area contributed by atoms with Gasteiger partial charge in [-0.15, -0.1) is 0 Å². The summed E-state index contributed by atoms with van der Waals surface area (Å²) in [5.74, 6) is 0.263. The average Bonchev–Trinajstić information content (AvgIpc) is 2.63. The molecule has 0 unspecified atom stereocenters. The molecule has 0 bridgehead atoms. The maximum Gasteiger partial charge on any atom is 0.246 e. The number of carbonyl (C=O) groups is 1. The molecule has 0 radical (unpaired) electrons. The molecular weight excluding hydrogens is 190 g/mol. The first-order chi connectivity index (χ1) is 7.18. The molecule has 0 fully saturated rings. The molecule has 0 atom stereocenters. The SMILES string of the molecule is Cc1cccc(C(=O)c2nccn2C)n1. The van der Waals surface area contributed by atoms with E-state index in [4.69, 9.17) is 0 Å². The zero-order valence-corrected chi connectivity index (χ0v) is 8.64.